The van der Waals surface area contributed by atoms with Crippen LogP contribution in [0.4, 0.5) is 16.3 Å². The van der Waals surface area contributed by atoms with Crippen molar-refractivity contribution in [1.82, 2.24) is 19.7 Å². The lowest BCUT2D eigenvalue weighted by Gasteiger charge is -2.33. The van der Waals surface area contributed by atoms with Gasteiger partial charge in [0.15, 0.2) is 11.5 Å². The summed E-state index contributed by atoms with van der Waals surface area (Å²) in [6, 6.07) is 7.26. The van der Waals surface area contributed by atoms with Crippen molar-refractivity contribution in [2.75, 3.05) is 29.9 Å². The van der Waals surface area contributed by atoms with Gasteiger partial charge < -0.3 is 14.7 Å². The maximum atomic E-state index is 11.3. The first kappa shape index (κ1) is 20.7. The van der Waals surface area contributed by atoms with Crippen LogP contribution in [0.15, 0.2) is 30.5 Å². The minimum Gasteiger partial charge on any atom is -0.465 e. The predicted molar refractivity (Wildman–Crippen MR) is 122 cm³/mol. The third kappa shape index (κ3) is 3.56. The third-order valence-corrected chi connectivity index (χ3v) is 6.19. The van der Waals surface area contributed by atoms with E-state index >= 15 is 0 Å². The van der Waals surface area contributed by atoms with Gasteiger partial charge in [0.1, 0.15) is 5.82 Å². The van der Waals surface area contributed by atoms with E-state index in [0.29, 0.717) is 11.5 Å². The molecule has 2 saturated heterocycles. The van der Waals surface area contributed by atoms with E-state index in [0.717, 1.165) is 48.3 Å². The first-order chi connectivity index (χ1) is 15.2. The first-order valence-corrected chi connectivity index (χ1v) is 10.9. The van der Waals surface area contributed by atoms with Crippen molar-refractivity contribution in [3.05, 3.63) is 30.5 Å². The van der Waals surface area contributed by atoms with Gasteiger partial charge in [0.05, 0.1) is 29.3 Å². The molecule has 0 radical (unpaired) electrons. The molecule has 5 rings (SSSR count). The van der Waals surface area contributed by atoms with Crippen molar-refractivity contribution in [3.8, 4) is 11.4 Å². The molecule has 32 heavy (non-hydrogen) atoms. The van der Waals surface area contributed by atoms with Crippen LogP contribution in [0, 0.1) is 0 Å². The van der Waals surface area contributed by atoms with E-state index in [1.54, 1.807) is 12.1 Å². The third-order valence-electron chi connectivity index (χ3n) is 6.19. The number of carbonyl (C=O) groups is 1. The molecule has 9 heteroatoms. The summed E-state index contributed by atoms with van der Waals surface area (Å²) in [4.78, 5) is 24.6. The molecule has 9 nitrogen and oxygen atoms in total. The van der Waals surface area contributed by atoms with E-state index < -0.39 is 6.09 Å². The fourth-order valence-corrected chi connectivity index (χ4v) is 4.49. The van der Waals surface area contributed by atoms with Gasteiger partial charge in [-0.2, -0.15) is 5.10 Å². The van der Waals surface area contributed by atoms with Crippen LogP contribution in [0.1, 0.15) is 33.6 Å². The normalized spacial score (nSPS) is 20.7. The minimum atomic E-state index is -1.01. The molecule has 2 aliphatic heterocycles. The van der Waals surface area contributed by atoms with Crippen molar-refractivity contribution < 1.29 is 14.6 Å². The number of anilines is 2. The predicted octanol–water partition coefficient (Wildman–Crippen LogP) is 3.73. The number of carboxylic acid groups (broad SMARTS) is 1. The Balaban J connectivity index is 1.62. The fourth-order valence-electron chi connectivity index (χ4n) is 4.49. The molecule has 2 fully saturated rings. The highest BCUT2D eigenvalue weighted by Gasteiger charge is 2.35. The average Bonchev–Trinajstić information content (AvgIpc) is 3.35. The molecule has 0 saturated carbocycles. The number of amides is 1. The van der Waals surface area contributed by atoms with Crippen LogP contribution < -0.4 is 9.80 Å². The van der Waals surface area contributed by atoms with Crippen LogP contribution in [-0.2, 0) is 10.3 Å². The highest BCUT2D eigenvalue weighted by atomic mass is 16.5. The molecule has 2 aromatic heterocycles. The highest BCUT2D eigenvalue weighted by molar-refractivity contribution is 5.89. The second-order valence-corrected chi connectivity index (χ2v) is 9.59. The standard InChI is InChI=1S/C23H28N6O3/c1-23(2,3)29-21-18(11-24-29)20(28-12-16-9-10-17(13-28)32-16)25-19(26-21)14-5-7-15(8-6-14)27(4)22(30)31/h5-8,11,16-17H,9-10,12-13H2,1-4H3,(H,30,31). The largest absolute Gasteiger partial charge is 0.465 e. The summed E-state index contributed by atoms with van der Waals surface area (Å²) in [5, 5.41) is 14.8. The lowest BCUT2D eigenvalue weighted by Crippen LogP contribution is -2.43. The maximum Gasteiger partial charge on any atom is 0.411 e. The molecular formula is C23H28N6O3. The van der Waals surface area contributed by atoms with Gasteiger partial charge in [-0.15, -0.1) is 0 Å². The smallest absolute Gasteiger partial charge is 0.411 e. The maximum absolute atomic E-state index is 11.3. The van der Waals surface area contributed by atoms with Crippen LogP contribution in [0.5, 0.6) is 0 Å². The zero-order chi connectivity index (χ0) is 22.6. The van der Waals surface area contributed by atoms with Gasteiger partial charge in [-0.1, -0.05) is 0 Å². The number of fused-ring (bicyclic) bond motifs is 3. The summed E-state index contributed by atoms with van der Waals surface area (Å²) in [6.45, 7) is 7.93. The average molecular weight is 437 g/mol. The van der Waals surface area contributed by atoms with Crippen molar-refractivity contribution in [1.29, 1.82) is 0 Å². The molecule has 0 aliphatic carbocycles. The number of hydrogen-bond donors (Lipinski definition) is 1. The van der Waals surface area contributed by atoms with Gasteiger partial charge in [0.25, 0.3) is 0 Å². The Labute approximate surface area is 186 Å². The van der Waals surface area contributed by atoms with Gasteiger partial charge >= 0.3 is 6.09 Å². The lowest BCUT2D eigenvalue weighted by atomic mass is 10.1. The summed E-state index contributed by atoms with van der Waals surface area (Å²) in [7, 11) is 1.52. The molecule has 3 aromatic rings. The number of morpholine rings is 1. The number of aromatic nitrogens is 4. The SMILES string of the molecule is CN(C(=O)O)c1ccc(-c2nc(N3CC4CCC(C3)O4)c3cnn(C(C)(C)C)c3n2)cc1. The lowest BCUT2D eigenvalue weighted by molar-refractivity contribution is 0.0303. The van der Waals surface area contributed by atoms with Crippen LogP contribution in [-0.4, -0.2) is 63.3 Å². The minimum absolute atomic E-state index is 0.233. The van der Waals surface area contributed by atoms with Gasteiger partial charge in [-0.25, -0.2) is 19.4 Å². The van der Waals surface area contributed by atoms with Gasteiger partial charge in [0.2, 0.25) is 0 Å². The van der Waals surface area contributed by atoms with E-state index in [4.69, 9.17) is 14.7 Å². The molecular weight excluding hydrogens is 408 g/mol. The Kier molecular flexibility index (Phi) is 4.81. The van der Waals surface area contributed by atoms with Gasteiger partial charge in [-0.05, 0) is 57.9 Å². The van der Waals surface area contributed by atoms with E-state index in [2.05, 4.69) is 30.8 Å². The Bertz CT molecular complexity index is 1150. The molecule has 1 N–H and O–H groups in total. The van der Waals surface area contributed by atoms with Gasteiger partial charge in [0, 0.05) is 31.4 Å². The van der Waals surface area contributed by atoms with Crippen LogP contribution in [0.3, 0.4) is 0 Å². The molecule has 2 aliphatic rings. The van der Waals surface area contributed by atoms with E-state index in [1.165, 1.54) is 11.9 Å². The van der Waals surface area contributed by atoms with Crippen molar-refractivity contribution in [2.45, 2.75) is 51.4 Å². The molecule has 0 spiro atoms. The number of nitrogens with zero attached hydrogens (tertiary/aromatic N) is 6. The Hall–Kier alpha value is -3.20. The molecule has 168 valence electrons. The molecule has 1 amide bonds. The number of benzene rings is 1. The molecule has 2 bridgehead atoms. The topological polar surface area (TPSA) is 96.6 Å². The first-order valence-electron chi connectivity index (χ1n) is 10.9. The Morgan fingerprint density at radius 3 is 2.38 bits per heavy atom. The Morgan fingerprint density at radius 2 is 1.78 bits per heavy atom. The highest BCUT2D eigenvalue weighted by Crippen LogP contribution is 2.35. The monoisotopic (exact) mass is 436 g/mol. The van der Waals surface area contributed by atoms with Crippen molar-refractivity contribution >= 4 is 28.6 Å². The molecule has 2 unspecified atom stereocenters. The molecule has 4 heterocycles. The second kappa shape index (κ2) is 7.44. The van der Waals surface area contributed by atoms with Crippen LogP contribution in [0.2, 0.25) is 0 Å². The second-order valence-electron chi connectivity index (χ2n) is 9.59. The zero-order valence-corrected chi connectivity index (χ0v) is 18.8. The molecule has 1 aromatic carbocycles. The molecule has 2 atom stereocenters. The summed E-state index contributed by atoms with van der Waals surface area (Å²) < 4.78 is 7.97. The quantitative estimate of drug-likeness (QED) is 0.668. The summed E-state index contributed by atoms with van der Waals surface area (Å²) in [5.74, 6) is 1.48. The van der Waals surface area contributed by atoms with E-state index in [-0.39, 0.29) is 17.7 Å². The fraction of sp³-hybridized carbons (Fsp3) is 0.478. The van der Waals surface area contributed by atoms with Crippen molar-refractivity contribution in [3.63, 3.8) is 0 Å². The summed E-state index contributed by atoms with van der Waals surface area (Å²) in [6.07, 6.45) is 3.51. The number of hydrogen-bond acceptors (Lipinski definition) is 6. The Morgan fingerprint density at radius 1 is 1.12 bits per heavy atom. The summed E-state index contributed by atoms with van der Waals surface area (Å²) in [5.41, 5.74) is 1.98. The van der Waals surface area contributed by atoms with Crippen LogP contribution >= 0.6 is 0 Å². The van der Waals surface area contributed by atoms with Gasteiger partial charge in [-0.3, -0.25) is 4.90 Å². The number of ether oxygens (including phenoxy) is 1. The summed E-state index contributed by atoms with van der Waals surface area (Å²) >= 11 is 0. The van der Waals surface area contributed by atoms with Crippen molar-refractivity contribution in [2.24, 2.45) is 0 Å². The zero-order valence-electron chi connectivity index (χ0n) is 18.8. The van der Waals surface area contributed by atoms with E-state index in [9.17, 15) is 9.90 Å². The van der Waals surface area contributed by atoms with E-state index in [1.807, 2.05) is 23.0 Å². The number of rotatable bonds is 3. The van der Waals surface area contributed by atoms with Crippen LogP contribution in [0.25, 0.3) is 22.4 Å².